The van der Waals surface area contributed by atoms with Gasteiger partial charge in [-0.2, -0.15) is 18.3 Å². The van der Waals surface area contributed by atoms with Crippen molar-refractivity contribution in [2.75, 3.05) is 0 Å². The predicted molar refractivity (Wildman–Crippen MR) is 59.1 cm³/mol. The van der Waals surface area contributed by atoms with Crippen LogP contribution in [0.25, 0.3) is 0 Å². The topological polar surface area (TPSA) is 50.9 Å². The maximum Gasteiger partial charge on any atom is 0.434 e. The maximum atomic E-state index is 12.3. The van der Waals surface area contributed by atoms with E-state index in [1.165, 1.54) is 4.68 Å². The lowest BCUT2D eigenvalue weighted by atomic mass is 10.3. The van der Waals surface area contributed by atoms with Gasteiger partial charge < -0.3 is 5.11 Å². The number of aromatic nitrogens is 3. The zero-order valence-electron chi connectivity index (χ0n) is 9.35. The lowest BCUT2D eigenvalue weighted by Gasteiger charge is -2.01. The average molecular weight is 277 g/mol. The largest absolute Gasteiger partial charge is 0.434 e. The molecule has 0 unspecified atom stereocenters. The monoisotopic (exact) mass is 277 g/mol. The van der Waals surface area contributed by atoms with E-state index in [2.05, 4.69) is 10.1 Å². The highest BCUT2D eigenvalue weighted by Crippen LogP contribution is 2.30. The van der Waals surface area contributed by atoms with Crippen molar-refractivity contribution in [1.82, 2.24) is 14.8 Å². The first-order valence-electron chi connectivity index (χ1n) is 5.09. The molecule has 0 bridgehead atoms. The van der Waals surface area contributed by atoms with Crippen molar-refractivity contribution in [2.45, 2.75) is 25.7 Å². The van der Waals surface area contributed by atoms with Crippen LogP contribution >= 0.6 is 11.3 Å². The molecular formula is C10H10F3N3OS. The van der Waals surface area contributed by atoms with Crippen LogP contribution in [0.2, 0.25) is 0 Å². The molecular weight excluding hydrogens is 267 g/mol. The van der Waals surface area contributed by atoms with Crippen LogP contribution in [-0.2, 0) is 12.7 Å². The van der Waals surface area contributed by atoms with Crippen molar-refractivity contribution in [1.29, 1.82) is 0 Å². The molecule has 0 radical (unpaired) electrons. The molecule has 18 heavy (non-hydrogen) atoms. The molecule has 1 atom stereocenters. The molecule has 0 saturated heterocycles. The number of thiazole rings is 1. The van der Waals surface area contributed by atoms with E-state index in [4.69, 9.17) is 0 Å². The van der Waals surface area contributed by atoms with Crippen LogP contribution < -0.4 is 0 Å². The van der Waals surface area contributed by atoms with E-state index in [-0.39, 0.29) is 6.54 Å². The Balaban J connectivity index is 2.11. The molecule has 2 rings (SSSR count). The number of hydrogen-bond acceptors (Lipinski definition) is 4. The van der Waals surface area contributed by atoms with Gasteiger partial charge in [-0.3, -0.25) is 4.68 Å². The molecule has 0 aliphatic rings. The molecule has 1 N–H and O–H groups in total. The van der Waals surface area contributed by atoms with Crippen LogP contribution in [0.3, 0.4) is 0 Å². The summed E-state index contributed by atoms with van der Waals surface area (Å²) in [6.07, 6.45) is -3.52. The van der Waals surface area contributed by atoms with Gasteiger partial charge in [-0.1, -0.05) is 0 Å². The smallest absolute Gasteiger partial charge is 0.387 e. The Morgan fingerprint density at radius 2 is 2.22 bits per heavy atom. The third kappa shape index (κ3) is 2.88. The van der Waals surface area contributed by atoms with Crippen molar-refractivity contribution in [3.63, 3.8) is 0 Å². The first kappa shape index (κ1) is 13.0. The number of rotatable bonds is 3. The molecule has 4 nitrogen and oxygen atoms in total. The molecule has 8 heteroatoms. The minimum atomic E-state index is -4.41. The fraction of sp³-hybridized carbons (Fsp3) is 0.400. The standard InChI is InChI=1S/C10H10F3N3OS/c1-6(17)7-2-3-16(15-7)4-9-14-8(5-18-9)10(11,12)13/h2-3,5-6,17H,4H2,1H3/t6-/m0/s1. The van der Waals surface area contributed by atoms with E-state index >= 15 is 0 Å². The zero-order valence-corrected chi connectivity index (χ0v) is 10.2. The Hall–Kier alpha value is -1.41. The fourth-order valence-corrected chi connectivity index (χ4v) is 2.13. The average Bonchev–Trinajstić information content (AvgIpc) is 2.85. The lowest BCUT2D eigenvalue weighted by molar-refractivity contribution is -0.140. The first-order valence-corrected chi connectivity index (χ1v) is 5.97. The van der Waals surface area contributed by atoms with Crippen molar-refractivity contribution >= 4 is 11.3 Å². The number of alkyl halides is 3. The van der Waals surface area contributed by atoms with Crippen LogP contribution in [-0.4, -0.2) is 19.9 Å². The number of nitrogens with zero attached hydrogens (tertiary/aromatic N) is 3. The molecule has 0 aliphatic heterocycles. The van der Waals surface area contributed by atoms with Gasteiger partial charge in [-0.05, 0) is 13.0 Å². The van der Waals surface area contributed by atoms with E-state index in [1.807, 2.05) is 0 Å². The second-order valence-electron chi connectivity index (χ2n) is 3.74. The highest BCUT2D eigenvalue weighted by atomic mass is 32.1. The van der Waals surface area contributed by atoms with Crippen LogP contribution in [0, 0.1) is 0 Å². The van der Waals surface area contributed by atoms with Gasteiger partial charge in [0.15, 0.2) is 5.69 Å². The molecule has 0 spiro atoms. The van der Waals surface area contributed by atoms with Gasteiger partial charge >= 0.3 is 6.18 Å². The predicted octanol–water partition coefficient (Wildman–Crippen LogP) is 2.46. The summed E-state index contributed by atoms with van der Waals surface area (Å²) in [5.41, 5.74) is -0.409. The van der Waals surface area contributed by atoms with Crippen molar-refractivity contribution in [2.24, 2.45) is 0 Å². The molecule has 0 fully saturated rings. The zero-order chi connectivity index (χ0) is 13.3. The molecule has 98 valence electrons. The maximum absolute atomic E-state index is 12.3. The number of aliphatic hydroxyl groups is 1. The summed E-state index contributed by atoms with van der Waals surface area (Å²) in [5, 5.41) is 14.6. The minimum absolute atomic E-state index is 0.160. The summed E-state index contributed by atoms with van der Waals surface area (Å²) in [5.74, 6) is 0. The van der Waals surface area contributed by atoms with E-state index in [9.17, 15) is 18.3 Å². The highest BCUT2D eigenvalue weighted by molar-refractivity contribution is 7.09. The Bertz CT molecular complexity index is 532. The number of hydrogen-bond donors (Lipinski definition) is 1. The van der Waals surface area contributed by atoms with Gasteiger partial charge in [-0.25, -0.2) is 4.98 Å². The number of halogens is 3. The Kier molecular flexibility index (Phi) is 3.40. The molecule has 2 aromatic rings. The minimum Gasteiger partial charge on any atom is -0.387 e. The van der Waals surface area contributed by atoms with Crippen molar-refractivity contribution in [3.05, 3.63) is 34.0 Å². The van der Waals surface area contributed by atoms with E-state index in [0.717, 1.165) is 16.7 Å². The fourth-order valence-electron chi connectivity index (χ4n) is 1.34. The van der Waals surface area contributed by atoms with Gasteiger partial charge in [0.25, 0.3) is 0 Å². The third-order valence-electron chi connectivity index (χ3n) is 2.23. The first-order chi connectivity index (χ1) is 8.36. The van der Waals surface area contributed by atoms with E-state index in [1.54, 1.807) is 19.2 Å². The second-order valence-corrected chi connectivity index (χ2v) is 4.68. The molecule has 0 aromatic carbocycles. The van der Waals surface area contributed by atoms with E-state index in [0.29, 0.717) is 10.7 Å². The van der Waals surface area contributed by atoms with Crippen molar-refractivity contribution in [3.8, 4) is 0 Å². The molecule has 2 heterocycles. The summed E-state index contributed by atoms with van der Waals surface area (Å²) in [4.78, 5) is 3.50. The molecule has 0 amide bonds. The summed E-state index contributed by atoms with van der Waals surface area (Å²) < 4.78 is 38.5. The summed E-state index contributed by atoms with van der Waals surface area (Å²) in [6.45, 7) is 1.73. The van der Waals surface area contributed by atoms with Crippen LogP contribution in [0.1, 0.15) is 29.4 Å². The Morgan fingerprint density at radius 1 is 1.50 bits per heavy atom. The van der Waals surface area contributed by atoms with Crippen molar-refractivity contribution < 1.29 is 18.3 Å². The van der Waals surface area contributed by atoms with Crippen LogP contribution in [0.4, 0.5) is 13.2 Å². The lowest BCUT2D eigenvalue weighted by Crippen LogP contribution is -2.07. The highest BCUT2D eigenvalue weighted by Gasteiger charge is 2.33. The summed E-state index contributed by atoms with van der Waals surface area (Å²) in [6, 6.07) is 1.61. The van der Waals surface area contributed by atoms with Gasteiger partial charge in [-0.15, -0.1) is 11.3 Å². The quantitative estimate of drug-likeness (QED) is 0.937. The Morgan fingerprint density at radius 3 is 2.72 bits per heavy atom. The van der Waals surface area contributed by atoms with E-state index < -0.39 is 18.0 Å². The second kappa shape index (κ2) is 4.69. The van der Waals surface area contributed by atoms with Gasteiger partial charge in [0.2, 0.25) is 0 Å². The number of aliphatic hydroxyl groups excluding tert-OH is 1. The van der Waals surface area contributed by atoms with Gasteiger partial charge in [0.05, 0.1) is 18.3 Å². The summed E-state index contributed by atoms with van der Waals surface area (Å²) in [7, 11) is 0. The van der Waals surface area contributed by atoms with Crippen LogP contribution in [0.5, 0.6) is 0 Å². The van der Waals surface area contributed by atoms with Gasteiger partial charge in [0.1, 0.15) is 5.01 Å². The SMILES string of the molecule is C[C@H](O)c1ccn(Cc2nc(C(F)(F)F)cs2)n1. The van der Waals surface area contributed by atoms with Crippen LogP contribution in [0.15, 0.2) is 17.6 Å². The molecule has 0 saturated carbocycles. The normalized spacial score (nSPS) is 13.8. The summed E-state index contributed by atoms with van der Waals surface area (Å²) >= 11 is 0.934. The van der Waals surface area contributed by atoms with Gasteiger partial charge in [0, 0.05) is 11.6 Å². The Labute approximate surface area is 105 Å². The molecule has 2 aromatic heterocycles. The third-order valence-corrected chi connectivity index (χ3v) is 3.06. The molecule has 0 aliphatic carbocycles.